The Bertz CT molecular complexity index is 2500. The zero-order valence-electron chi connectivity index (χ0n) is 29.8. The van der Waals surface area contributed by atoms with E-state index in [1.54, 1.807) is 0 Å². The molecule has 5 aromatic carbocycles. The van der Waals surface area contributed by atoms with Gasteiger partial charge in [-0.3, -0.25) is 0 Å². The monoisotopic (exact) mass is 848 g/mol. The van der Waals surface area contributed by atoms with Crippen LogP contribution in [0, 0.1) is 12.1 Å². The predicted octanol–water partition coefficient (Wildman–Crippen LogP) is 12.1. The Kier molecular flexibility index (Phi) is 9.43. The Morgan fingerprint density at radius 2 is 1.31 bits per heavy atom. The van der Waals surface area contributed by atoms with Crippen molar-refractivity contribution in [3.63, 3.8) is 0 Å². The van der Waals surface area contributed by atoms with Gasteiger partial charge in [-0.05, 0) is 83.7 Å². The van der Waals surface area contributed by atoms with E-state index in [0.29, 0.717) is 29.4 Å². The maximum Gasteiger partial charge on any atom is 0.188 e. The third-order valence-electron chi connectivity index (χ3n) is 9.64. The van der Waals surface area contributed by atoms with E-state index in [2.05, 4.69) is 165 Å². The normalized spacial score (nSPS) is 11.7. The van der Waals surface area contributed by atoms with Crippen LogP contribution in [0.5, 0.6) is 11.5 Å². The van der Waals surface area contributed by atoms with E-state index in [4.69, 9.17) is 9.72 Å². The molecule has 0 saturated carbocycles. The van der Waals surface area contributed by atoms with Gasteiger partial charge in [-0.1, -0.05) is 75.7 Å². The minimum absolute atomic E-state index is 0. The summed E-state index contributed by atoms with van der Waals surface area (Å²) in [6.45, 7) is 13.5. The Balaban J connectivity index is 0.00000406. The molecule has 0 aliphatic carbocycles. The van der Waals surface area contributed by atoms with Crippen LogP contribution in [0.15, 0.2) is 122 Å². The van der Waals surface area contributed by atoms with E-state index < -0.39 is 0 Å². The average Bonchev–Trinajstić information content (AvgIpc) is 3.68. The van der Waals surface area contributed by atoms with Crippen molar-refractivity contribution in [3.05, 3.63) is 145 Å². The molecule has 0 fully saturated rings. The Morgan fingerprint density at radius 1 is 0.647 bits per heavy atom. The van der Waals surface area contributed by atoms with Gasteiger partial charge < -0.3 is 9.30 Å². The molecule has 0 atom stereocenters. The molecule has 0 bridgehead atoms. The first-order chi connectivity index (χ1) is 24.3. The third kappa shape index (κ3) is 6.19. The molecule has 5 nitrogen and oxygen atoms in total. The van der Waals surface area contributed by atoms with Crippen molar-refractivity contribution in [3.8, 4) is 34.1 Å². The minimum atomic E-state index is 0. The number of nitrogens with zero attached hydrogens (tertiary/aromatic N) is 4. The Morgan fingerprint density at radius 3 is 2.04 bits per heavy atom. The first-order valence-electron chi connectivity index (χ1n) is 17.6. The largest absolute Gasteiger partial charge is 0.508 e. The third-order valence-corrected chi connectivity index (χ3v) is 9.64. The number of pyridine rings is 1. The summed E-state index contributed by atoms with van der Waals surface area (Å²) in [5, 5.41) is 2.25. The van der Waals surface area contributed by atoms with Gasteiger partial charge in [0, 0.05) is 62.1 Å². The van der Waals surface area contributed by atoms with Crippen LogP contribution in [0.1, 0.15) is 70.5 Å². The van der Waals surface area contributed by atoms with Crippen LogP contribution in [0.25, 0.3) is 55.5 Å². The molecule has 0 saturated heterocycles. The number of rotatable bonds is 8. The molecule has 0 amide bonds. The first kappa shape index (κ1) is 34.5. The smallest absolute Gasteiger partial charge is 0.188 e. The summed E-state index contributed by atoms with van der Waals surface area (Å²) < 4.78 is 13.2. The summed E-state index contributed by atoms with van der Waals surface area (Å²) in [5.74, 6) is 2.88. The van der Waals surface area contributed by atoms with Crippen molar-refractivity contribution in [1.82, 2.24) is 18.7 Å². The van der Waals surface area contributed by atoms with Gasteiger partial charge >= 0.3 is 0 Å². The molecule has 0 aliphatic rings. The Labute approximate surface area is 314 Å². The molecule has 3 heterocycles. The summed E-state index contributed by atoms with van der Waals surface area (Å²) in [4.78, 5) is 4.95. The van der Waals surface area contributed by atoms with Crippen molar-refractivity contribution >= 4 is 32.8 Å². The van der Waals surface area contributed by atoms with Gasteiger partial charge in [0.05, 0.1) is 6.04 Å². The number of hydrogen-bond acceptors (Lipinski definition) is 2. The van der Waals surface area contributed by atoms with Crippen molar-refractivity contribution in [2.24, 2.45) is 0 Å². The maximum atomic E-state index is 6.51. The van der Waals surface area contributed by atoms with E-state index in [0.717, 1.165) is 38.8 Å². The topological polar surface area (TPSA) is 36.9 Å². The molecule has 8 rings (SSSR count). The molecule has 6 heteroatoms. The van der Waals surface area contributed by atoms with Crippen LogP contribution < -0.4 is 4.74 Å². The summed E-state index contributed by atoms with van der Waals surface area (Å²) in [6.07, 6.45) is 4.08. The van der Waals surface area contributed by atoms with Crippen LogP contribution in [-0.2, 0) is 21.1 Å². The molecule has 0 aliphatic heterocycles. The van der Waals surface area contributed by atoms with Gasteiger partial charge in [-0.15, -0.1) is 29.7 Å². The molecule has 0 radical (unpaired) electrons. The first-order valence-corrected chi connectivity index (χ1v) is 17.6. The molecular weight excluding hydrogens is 808 g/mol. The molecule has 51 heavy (non-hydrogen) atoms. The maximum absolute atomic E-state index is 6.51. The minimum Gasteiger partial charge on any atom is -0.508 e. The standard InChI is InChI=1S/C45H41N4O.Pt/c1-29(2)36-16-12-17-37(30(3)4)45(36)32-23-24-46-44(25-32)49-40-18-8-7-15-38(40)39-22-21-35(27-43(39)49)50-34-14-11-13-33(26-34)48-28-47(31(5)6)41-19-9-10-20-42(41)48;/h7-25,28-31H,1-6H3;/q-1;. The van der Waals surface area contributed by atoms with Crippen LogP contribution in [0.2, 0.25) is 0 Å². The summed E-state index contributed by atoms with van der Waals surface area (Å²) in [7, 11) is 0. The van der Waals surface area contributed by atoms with Crippen LogP contribution >= 0.6 is 0 Å². The van der Waals surface area contributed by atoms with Gasteiger partial charge in [0.1, 0.15) is 5.82 Å². The zero-order valence-corrected chi connectivity index (χ0v) is 32.1. The van der Waals surface area contributed by atoms with Crippen LogP contribution in [0.3, 0.4) is 0 Å². The predicted molar refractivity (Wildman–Crippen MR) is 206 cm³/mol. The van der Waals surface area contributed by atoms with Gasteiger partial charge in [0.2, 0.25) is 0 Å². The SMILES string of the molecule is CC(C)c1cccc(C(C)C)c1-c1ccnc(-n2c3[c-]c(Oc4[c-]c(-n5[cH+]n(C(C)C)c6ccccc65)ccc4)ccc3c3ccccc32)c1.[Pt]. The number of benzene rings is 5. The van der Waals surface area contributed by atoms with Gasteiger partial charge in [-0.25, -0.2) is 14.1 Å². The van der Waals surface area contributed by atoms with E-state index in [1.807, 2.05) is 24.4 Å². The fourth-order valence-electron chi connectivity index (χ4n) is 7.25. The van der Waals surface area contributed by atoms with E-state index in [-0.39, 0.29) is 21.1 Å². The summed E-state index contributed by atoms with van der Waals surface area (Å²) in [5.41, 5.74) is 10.4. The number of fused-ring (bicyclic) bond motifs is 4. The van der Waals surface area contributed by atoms with Crippen LogP contribution in [-0.4, -0.2) is 18.7 Å². The second-order valence-corrected chi connectivity index (χ2v) is 13.9. The second-order valence-electron chi connectivity index (χ2n) is 13.9. The van der Waals surface area contributed by atoms with Crippen molar-refractivity contribution in [2.75, 3.05) is 0 Å². The molecule has 8 aromatic rings. The van der Waals surface area contributed by atoms with E-state index in [1.165, 1.54) is 27.8 Å². The fraction of sp³-hybridized carbons (Fsp3) is 0.200. The number of aromatic nitrogens is 4. The fourth-order valence-corrected chi connectivity index (χ4v) is 7.25. The number of ether oxygens (including phenoxy) is 1. The quantitative estimate of drug-likeness (QED) is 0.143. The zero-order chi connectivity index (χ0) is 34.5. The second kappa shape index (κ2) is 14.0. The van der Waals surface area contributed by atoms with Crippen molar-refractivity contribution in [1.29, 1.82) is 0 Å². The molecule has 0 unspecified atom stereocenters. The van der Waals surface area contributed by atoms with Gasteiger partial charge in [0.15, 0.2) is 17.4 Å². The number of hydrogen-bond donors (Lipinski definition) is 0. The van der Waals surface area contributed by atoms with E-state index >= 15 is 0 Å². The number of para-hydroxylation sites is 3. The molecule has 3 aromatic heterocycles. The molecular formula is C45H41N4OPt-. The van der Waals surface area contributed by atoms with Crippen molar-refractivity contribution in [2.45, 2.75) is 59.4 Å². The summed E-state index contributed by atoms with van der Waals surface area (Å²) in [6, 6.07) is 45.6. The average molecular weight is 849 g/mol. The van der Waals surface area contributed by atoms with Crippen molar-refractivity contribution < 1.29 is 25.8 Å². The molecule has 0 N–H and O–H groups in total. The van der Waals surface area contributed by atoms with E-state index in [9.17, 15) is 0 Å². The molecule has 0 spiro atoms. The number of imidazole rings is 1. The van der Waals surface area contributed by atoms with Gasteiger partial charge in [0.25, 0.3) is 0 Å². The van der Waals surface area contributed by atoms with Crippen LogP contribution in [0.4, 0.5) is 0 Å². The summed E-state index contributed by atoms with van der Waals surface area (Å²) >= 11 is 0. The molecule has 258 valence electrons. The Hall–Kier alpha value is -4.99. The van der Waals surface area contributed by atoms with Gasteiger partial charge in [-0.2, -0.15) is 12.1 Å².